The smallest absolute Gasteiger partial charge is 0.0772 e. The van der Waals surface area contributed by atoms with E-state index < -0.39 is 0 Å². The topological polar surface area (TPSA) is 69.6 Å². The van der Waals surface area contributed by atoms with Crippen LogP contribution in [0, 0.1) is 6.92 Å². The first-order valence-electron chi connectivity index (χ1n) is 6.25. The lowest BCUT2D eigenvalue weighted by Crippen LogP contribution is -2.16. The Balaban J connectivity index is 2.18. The van der Waals surface area contributed by atoms with Crippen LogP contribution in [-0.4, -0.2) is 19.4 Å². The van der Waals surface area contributed by atoms with Crippen molar-refractivity contribution in [2.24, 2.45) is 5.73 Å². The first-order valence-corrected chi connectivity index (χ1v) is 7.03. The van der Waals surface area contributed by atoms with Crippen molar-refractivity contribution in [2.75, 3.05) is 0 Å². The molecule has 1 unspecified atom stereocenters. The Morgan fingerprint density at radius 2 is 2.22 bits per heavy atom. The Hall–Kier alpha value is -1.27. The van der Waals surface area contributed by atoms with Crippen molar-refractivity contribution in [3.8, 4) is 0 Å². The van der Waals surface area contributed by atoms with Crippen molar-refractivity contribution in [3.63, 3.8) is 0 Å². The predicted octanol–water partition coefficient (Wildman–Crippen LogP) is 1.87. The quantitative estimate of drug-likeness (QED) is 0.896. The second-order valence-electron chi connectivity index (χ2n) is 4.33. The van der Waals surface area contributed by atoms with Crippen molar-refractivity contribution in [1.82, 2.24) is 19.4 Å². The van der Waals surface area contributed by atoms with Gasteiger partial charge in [-0.2, -0.15) is 5.10 Å². The molecule has 0 spiro atoms. The molecule has 1 atom stereocenters. The maximum Gasteiger partial charge on any atom is 0.0772 e. The minimum Gasteiger partial charge on any atom is -0.323 e. The molecule has 0 aliphatic rings. The molecule has 5 nitrogen and oxygen atoms in total. The van der Waals surface area contributed by atoms with Gasteiger partial charge in [0, 0.05) is 24.7 Å². The minimum absolute atomic E-state index is 0.0447. The van der Waals surface area contributed by atoms with E-state index >= 15 is 0 Å². The Morgan fingerprint density at radius 3 is 2.78 bits per heavy atom. The Labute approximate surface area is 111 Å². The van der Waals surface area contributed by atoms with E-state index in [1.165, 1.54) is 17.2 Å². The van der Waals surface area contributed by atoms with Crippen molar-refractivity contribution >= 4 is 11.5 Å². The molecule has 2 N–H and O–H groups in total. The molecule has 0 amide bonds. The summed E-state index contributed by atoms with van der Waals surface area (Å²) in [7, 11) is 0. The summed E-state index contributed by atoms with van der Waals surface area (Å²) < 4.78 is 5.97. The van der Waals surface area contributed by atoms with Crippen molar-refractivity contribution in [2.45, 2.75) is 46.2 Å². The van der Waals surface area contributed by atoms with Gasteiger partial charge in [-0.3, -0.25) is 4.68 Å². The fraction of sp³-hybridized carbons (Fsp3) is 0.583. The lowest BCUT2D eigenvalue weighted by atomic mass is 10.1. The molecule has 0 fully saturated rings. The highest BCUT2D eigenvalue weighted by atomic mass is 32.1. The van der Waals surface area contributed by atoms with Gasteiger partial charge in [-0.15, -0.1) is 5.10 Å². The van der Waals surface area contributed by atoms with Gasteiger partial charge in [0.1, 0.15) is 0 Å². The van der Waals surface area contributed by atoms with E-state index in [4.69, 9.17) is 5.73 Å². The Morgan fingerprint density at radius 1 is 1.44 bits per heavy atom. The average Bonchev–Trinajstić information content (AvgIpc) is 2.95. The minimum atomic E-state index is -0.0447. The van der Waals surface area contributed by atoms with Gasteiger partial charge < -0.3 is 5.73 Å². The first kappa shape index (κ1) is 13.2. The largest absolute Gasteiger partial charge is 0.323 e. The van der Waals surface area contributed by atoms with Gasteiger partial charge >= 0.3 is 0 Å². The van der Waals surface area contributed by atoms with E-state index in [1.807, 2.05) is 11.6 Å². The number of rotatable bonds is 5. The van der Waals surface area contributed by atoms with Crippen molar-refractivity contribution in [1.29, 1.82) is 0 Å². The molecule has 0 radical (unpaired) electrons. The highest BCUT2D eigenvalue weighted by molar-refractivity contribution is 7.05. The summed E-state index contributed by atoms with van der Waals surface area (Å²) >= 11 is 1.39. The van der Waals surface area contributed by atoms with Gasteiger partial charge in [-0.05, 0) is 37.9 Å². The lowest BCUT2D eigenvalue weighted by Gasteiger charge is -2.10. The first-order chi connectivity index (χ1) is 8.65. The fourth-order valence-electron chi connectivity index (χ4n) is 2.02. The summed E-state index contributed by atoms with van der Waals surface area (Å²) in [6.07, 6.45) is 1.74. The summed E-state index contributed by atoms with van der Waals surface area (Å²) in [6.45, 7) is 7.04. The number of aromatic nitrogens is 4. The number of hydrogen-bond acceptors (Lipinski definition) is 5. The number of nitrogens with two attached hydrogens (primary N) is 1. The lowest BCUT2D eigenvalue weighted by molar-refractivity contribution is 0.587. The van der Waals surface area contributed by atoms with Crippen molar-refractivity contribution < 1.29 is 0 Å². The van der Waals surface area contributed by atoms with Crippen LogP contribution in [-0.2, 0) is 19.4 Å². The molecule has 0 saturated carbocycles. The number of nitrogens with zero attached hydrogens (tertiary/aromatic N) is 4. The monoisotopic (exact) mass is 265 g/mol. The van der Waals surface area contributed by atoms with Crippen LogP contribution in [0.25, 0.3) is 0 Å². The molecule has 2 aromatic heterocycles. The summed E-state index contributed by atoms with van der Waals surface area (Å²) in [5, 5.41) is 8.55. The zero-order chi connectivity index (χ0) is 13.1. The van der Waals surface area contributed by atoms with Crippen LogP contribution >= 0.6 is 11.5 Å². The van der Waals surface area contributed by atoms with Crippen LogP contribution in [0.15, 0.2) is 6.07 Å². The summed E-state index contributed by atoms with van der Waals surface area (Å²) in [6, 6.07) is 2.10. The van der Waals surface area contributed by atoms with Crippen LogP contribution in [0.3, 0.4) is 0 Å². The summed E-state index contributed by atoms with van der Waals surface area (Å²) in [5.74, 6) is 0. The Bertz CT molecular complexity index is 516. The average molecular weight is 265 g/mol. The normalized spacial score (nSPS) is 12.9. The summed E-state index contributed by atoms with van der Waals surface area (Å²) in [5.41, 5.74) is 9.48. The molecule has 98 valence electrons. The maximum absolute atomic E-state index is 6.24. The highest BCUT2D eigenvalue weighted by Crippen LogP contribution is 2.22. The van der Waals surface area contributed by atoms with Gasteiger partial charge in [0.15, 0.2) is 0 Å². The van der Waals surface area contributed by atoms with Gasteiger partial charge in [0.25, 0.3) is 0 Å². The zero-order valence-electron chi connectivity index (χ0n) is 11.1. The van der Waals surface area contributed by atoms with Crippen LogP contribution in [0.5, 0.6) is 0 Å². The van der Waals surface area contributed by atoms with E-state index in [1.54, 1.807) is 0 Å². The highest BCUT2D eigenvalue weighted by Gasteiger charge is 2.16. The second kappa shape index (κ2) is 5.58. The van der Waals surface area contributed by atoms with Crippen LogP contribution in [0.4, 0.5) is 0 Å². The maximum atomic E-state index is 6.24. The van der Waals surface area contributed by atoms with Gasteiger partial charge in [-0.1, -0.05) is 11.4 Å². The van der Waals surface area contributed by atoms with Crippen LogP contribution in [0.2, 0.25) is 0 Å². The molecule has 2 heterocycles. The molecule has 0 aromatic carbocycles. The standard InChI is InChI=1S/C12H19N5S/c1-4-9-6-10(17(5-2)15-9)7-11(13)12-8(3)14-16-18-12/h6,11H,4-5,7,13H2,1-3H3. The fourth-order valence-corrected chi connectivity index (χ4v) is 2.66. The third-order valence-electron chi connectivity index (χ3n) is 3.03. The molecule has 6 heteroatoms. The predicted molar refractivity (Wildman–Crippen MR) is 72.6 cm³/mol. The molecule has 0 aliphatic carbocycles. The SMILES string of the molecule is CCc1cc(CC(N)c2snnc2C)n(CC)n1. The van der Waals surface area contributed by atoms with Crippen LogP contribution in [0.1, 0.15) is 41.8 Å². The number of aryl methyl sites for hydroxylation is 3. The number of hydrogen-bond donors (Lipinski definition) is 1. The Kier molecular flexibility index (Phi) is 4.08. The van der Waals surface area contributed by atoms with E-state index in [0.717, 1.165) is 35.7 Å². The van der Waals surface area contributed by atoms with Gasteiger partial charge in [-0.25, -0.2) is 0 Å². The van der Waals surface area contributed by atoms with Gasteiger partial charge in [0.2, 0.25) is 0 Å². The molecular formula is C12H19N5S. The molecule has 2 aromatic rings. The molecule has 2 rings (SSSR count). The third-order valence-corrected chi connectivity index (χ3v) is 3.99. The zero-order valence-corrected chi connectivity index (χ0v) is 11.9. The van der Waals surface area contributed by atoms with Gasteiger partial charge in [0.05, 0.1) is 16.3 Å². The molecule has 18 heavy (non-hydrogen) atoms. The molecular weight excluding hydrogens is 246 g/mol. The third kappa shape index (κ3) is 2.59. The molecule has 0 bridgehead atoms. The van der Waals surface area contributed by atoms with E-state index in [0.29, 0.717) is 0 Å². The molecule has 0 saturated heterocycles. The van der Waals surface area contributed by atoms with E-state index in [9.17, 15) is 0 Å². The van der Waals surface area contributed by atoms with Crippen LogP contribution < -0.4 is 5.73 Å². The summed E-state index contributed by atoms with van der Waals surface area (Å²) in [4.78, 5) is 1.07. The van der Waals surface area contributed by atoms with E-state index in [-0.39, 0.29) is 6.04 Å². The second-order valence-corrected chi connectivity index (χ2v) is 5.12. The molecule has 0 aliphatic heterocycles. The van der Waals surface area contributed by atoms with E-state index in [2.05, 4.69) is 34.6 Å². The van der Waals surface area contributed by atoms with Crippen molar-refractivity contribution in [3.05, 3.63) is 28.0 Å².